The van der Waals surface area contributed by atoms with Gasteiger partial charge in [-0.15, -0.1) is 23.1 Å². The first kappa shape index (κ1) is 35.6. The van der Waals surface area contributed by atoms with E-state index in [1.54, 1.807) is 55.5 Å². The van der Waals surface area contributed by atoms with Gasteiger partial charge in [-0.3, -0.25) is 14.4 Å². The third-order valence-corrected chi connectivity index (χ3v) is 10.3. The van der Waals surface area contributed by atoms with Crippen LogP contribution in [0.4, 0.5) is 10.7 Å². The van der Waals surface area contributed by atoms with Crippen molar-refractivity contribution in [3.63, 3.8) is 0 Å². The molecule has 0 radical (unpaired) electrons. The highest BCUT2D eigenvalue weighted by Crippen LogP contribution is 2.40. The van der Waals surface area contributed by atoms with E-state index in [2.05, 4.69) is 36.7 Å². The second kappa shape index (κ2) is 16.6. The van der Waals surface area contributed by atoms with Crippen molar-refractivity contribution in [3.8, 4) is 0 Å². The number of esters is 1. The summed E-state index contributed by atoms with van der Waals surface area (Å²) in [6, 6.07) is 23.7. The maximum absolute atomic E-state index is 13.6. The van der Waals surface area contributed by atoms with E-state index in [0.29, 0.717) is 33.7 Å². The Hall–Kier alpha value is -4.67. The van der Waals surface area contributed by atoms with Crippen LogP contribution in [0.2, 0.25) is 0 Å². The molecule has 1 atom stereocenters. The summed E-state index contributed by atoms with van der Waals surface area (Å²) in [4.78, 5) is 54.5. The monoisotopic (exact) mass is 695 g/mol. The van der Waals surface area contributed by atoms with E-state index in [0.717, 1.165) is 40.2 Å². The van der Waals surface area contributed by atoms with Crippen LogP contribution in [0.5, 0.6) is 0 Å². The maximum Gasteiger partial charge on any atom is 0.341 e. The lowest BCUT2D eigenvalue weighted by Gasteiger charge is -2.18. The normalized spacial score (nSPS) is 14.1. The molecule has 0 aliphatic heterocycles. The number of carbonyl (C=O) groups excluding carboxylic acids is 4. The van der Waals surface area contributed by atoms with Crippen molar-refractivity contribution in [2.45, 2.75) is 57.8 Å². The largest absolute Gasteiger partial charge is 0.462 e. The van der Waals surface area contributed by atoms with E-state index in [-0.39, 0.29) is 24.0 Å². The number of benzene rings is 3. The molecule has 3 aromatic carbocycles. The van der Waals surface area contributed by atoms with Crippen molar-refractivity contribution < 1.29 is 23.9 Å². The first-order valence-corrected chi connectivity index (χ1v) is 18.2. The molecular weight excluding hydrogens is 655 g/mol. The summed E-state index contributed by atoms with van der Waals surface area (Å²) in [5, 5.41) is 9.17. The van der Waals surface area contributed by atoms with Gasteiger partial charge in [-0.25, -0.2) is 4.79 Å². The molecule has 3 N–H and O–H groups in total. The number of fused-ring (bicyclic) bond motifs is 1. The third kappa shape index (κ3) is 9.49. The van der Waals surface area contributed by atoms with Crippen LogP contribution < -0.4 is 16.0 Å². The molecule has 49 heavy (non-hydrogen) atoms. The second-order valence-electron chi connectivity index (χ2n) is 12.3. The van der Waals surface area contributed by atoms with Crippen LogP contribution in [0.3, 0.4) is 0 Å². The quantitative estimate of drug-likeness (QED) is 0.0781. The molecule has 0 saturated carbocycles. The number of carbonyl (C=O) groups is 4. The zero-order valence-corrected chi connectivity index (χ0v) is 29.8. The van der Waals surface area contributed by atoms with Gasteiger partial charge in [0.05, 0.1) is 17.9 Å². The lowest BCUT2D eigenvalue weighted by molar-refractivity contribution is -0.114. The van der Waals surface area contributed by atoms with Gasteiger partial charge in [0.25, 0.3) is 11.8 Å². The highest BCUT2D eigenvalue weighted by molar-refractivity contribution is 8.00. The third-order valence-electron chi connectivity index (χ3n) is 8.15. The zero-order chi connectivity index (χ0) is 34.9. The fourth-order valence-electron chi connectivity index (χ4n) is 5.52. The Labute approximate surface area is 295 Å². The highest BCUT2D eigenvalue weighted by Gasteiger charge is 2.29. The van der Waals surface area contributed by atoms with Gasteiger partial charge >= 0.3 is 5.97 Å². The first-order chi connectivity index (χ1) is 23.6. The number of hydrogen-bond donors (Lipinski definition) is 3. The predicted molar refractivity (Wildman–Crippen MR) is 198 cm³/mol. The molecular formula is C39H41N3O5S2. The fourth-order valence-corrected chi connectivity index (χ4v) is 7.69. The van der Waals surface area contributed by atoms with Crippen LogP contribution in [0, 0.1) is 5.92 Å². The fraction of sp³-hybridized carbons (Fsp3) is 0.282. The molecule has 1 aromatic heterocycles. The van der Waals surface area contributed by atoms with Crippen molar-refractivity contribution in [3.05, 3.63) is 117 Å². The number of ether oxygens (including phenoxy) is 1. The Morgan fingerprint density at radius 2 is 1.73 bits per heavy atom. The summed E-state index contributed by atoms with van der Waals surface area (Å²) in [5.41, 5.74) is 4.45. The second-order valence-corrected chi connectivity index (χ2v) is 14.4. The first-order valence-electron chi connectivity index (χ1n) is 16.4. The molecule has 1 aliphatic carbocycles. The molecule has 0 fully saturated rings. The average Bonchev–Trinajstić information content (AvgIpc) is 3.44. The molecule has 5 rings (SSSR count). The Balaban J connectivity index is 1.27. The molecule has 0 saturated heterocycles. The Morgan fingerprint density at radius 1 is 0.980 bits per heavy atom. The number of anilines is 2. The number of amides is 3. The molecule has 4 aromatic rings. The lowest BCUT2D eigenvalue weighted by atomic mass is 9.88. The lowest BCUT2D eigenvalue weighted by Crippen LogP contribution is -2.30. The van der Waals surface area contributed by atoms with Crippen LogP contribution >= 0.6 is 23.1 Å². The van der Waals surface area contributed by atoms with Gasteiger partial charge in [0.1, 0.15) is 10.7 Å². The topological polar surface area (TPSA) is 114 Å². The predicted octanol–water partition coefficient (Wildman–Crippen LogP) is 8.31. The summed E-state index contributed by atoms with van der Waals surface area (Å²) in [6.07, 6.45) is 4.32. The number of thioether (sulfide) groups is 1. The van der Waals surface area contributed by atoms with Crippen molar-refractivity contribution in [2.75, 3.05) is 23.0 Å². The van der Waals surface area contributed by atoms with E-state index < -0.39 is 17.8 Å². The van der Waals surface area contributed by atoms with Crippen molar-refractivity contribution in [1.29, 1.82) is 0 Å². The molecule has 3 amide bonds. The molecule has 8 nitrogen and oxygen atoms in total. The number of nitrogens with one attached hydrogen (secondary N) is 3. The van der Waals surface area contributed by atoms with Gasteiger partial charge in [-0.05, 0) is 91.1 Å². The minimum atomic E-state index is -0.486. The van der Waals surface area contributed by atoms with E-state index >= 15 is 0 Å². The zero-order valence-electron chi connectivity index (χ0n) is 28.1. The Morgan fingerprint density at radius 3 is 2.45 bits per heavy atom. The van der Waals surface area contributed by atoms with Crippen LogP contribution in [0.15, 0.2) is 89.5 Å². The van der Waals surface area contributed by atoms with Gasteiger partial charge in [0, 0.05) is 21.0 Å². The van der Waals surface area contributed by atoms with Crippen molar-refractivity contribution >= 4 is 63.6 Å². The number of thiophene rings is 1. The van der Waals surface area contributed by atoms with E-state index in [9.17, 15) is 19.2 Å². The molecule has 0 spiro atoms. The van der Waals surface area contributed by atoms with E-state index in [1.807, 2.05) is 36.4 Å². The summed E-state index contributed by atoms with van der Waals surface area (Å²) >= 11 is 2.77. The van der Waals surface area contributed by atoms with Gasteiger partial charge in [0.15, 0.2) is 0 Å². The SMILES string of the molecule is CCOC(=O)c1c(NC(=O)CSc2cccc(NC(=O)/C(=C\c3ccc(C(C)C)cc3)NC(=O)c3ccccc3)c2)sc2c1CCC(C)C2. The minimum Gasteiger partial charge on any atom is -0.462 e. The van der Waals surface area contributed by atoms with Crippen LogP contribution in [0.25, 0.3) is 6.08 Å². The minimum absolute atomic E-state index is 0.0917. The molecule has 10 heteroatoms. The van der Waals surface area contributed by atoms with Crippen LogP contribution in [-0.2, 0) is 27.2 Å². The van der Waals surface area contributed by atoms with Crippen LogP contribution in [0.1, 0.15) is 82.3 Å². The van der Waals surface area contributed by atoms with Crippen molar-refractivity contribution in [2.24, 2.45) is 5.92 Å². The van der Waals surface area contributed by atoms with Gasteiger partial charge < -0.3 is 20.7 Å². The van der Waals surface area contributed by atoms with Crippen LogP contribution in [-0.4, -0.2) is 36.1 Å². The molecule has 1 unspecified atom stereocenters. The van der Waals surface area contributed by atoms with E-state index in [1.165, 1.54) is 28.7 Å². The van der Waals surface area contributed by atoms with Gasteiger partial charge in [-0.1, -0.05) is 69.3 Å². The maximum atomic E-state index is 13.6. The van der Waals surface area contributed by atoms with E-state index in [4.69, 9.17) is 4.74 Å². The Bertz CT molecular complexity index is 1850. The number of rotatable bonds is 12. The molecule has 1 aliphatic rings. The van der Waals surface area contributed by atoms with Crippen molar-refractivity contribution in [1.82, 2.24) is 5.32 Å². The van der Waals surface area contributed by atoms with Gasteiger partial charge in [-0.2, -0.15) is 0 Å². The molecule has 1 heterocycles. The Kier molecular flexibility index (Phi) is 12.1. The molecule has 254 valence electrons. The number of hydrogen-bond acceptors (Lipinski definition) is 7. The summed E-state index contributed by atoms with van der Waals surface area (Å²) in [6.45, 7) is 8.45. The smallest absolute Gasteiger partial charge is 0.341 e. The summed E-state index contributed by atoms with van der Waals surface area (Å²) in [7, 11) is 0. The average molecular weight is 696 g/mol. The highest BCUT2D eigenvalue weighted by atomic mass is 32.2. The standard InChI is InChI=1S/C39H41N3O5S2/c1-5-47-39(46)35-31-19-14-25(4)20-33(31)49-38(35)42-34(43)23-48-30-13-9-12-29(22-30)40-37(45)32(41-36(44)28-10-7-6-8-11-28)21-26-15-17-27(18-16-26)24(2)3/h6-13,15-18,21-22,24-25H,5,14,19-20,23H2,1-4H3,(H,40,45)(H,41,44)(H,42,43)/b32-21+. The summed E-state index contributed by atoms with van der Waals surface area (Å²) in [5.74, 6) is -0.542. The summed E-state index contributed by atoms with van der Waals surface area (Å²) < 4.78 is 5.33. The van der Waals surface area contributed by atoms with Gasteiger partial charge in [0.2, 0.25) is 5.91 Å². The molecule has 0 bridgehead atoms.